The first-order valence-corrected chi connectivity index (χ1v) is 7.62. The van der Waals surface area contributed by atoms with Gasteiger partial charge in [-0.05, 0) is 44.4 Å². The zero-order valence-corrected chi connectivity index (χ0v) is 13.4. The molecule has 0 spiro atoms. The Hall–Kier alpha value is -1.52. The van der Waals surface area contributed by atoms with Gasteiger partial charge >= 0.3 is 0 Å². The Kier molecular flexibility index (Phi) is 3.91. The van der Waals surface area contributed by atoms with E-state index < -0.39 is 0 Å². The summed E-state index contributed by atoms with van der Waals surface area (Å²) in [4.78, 5) is 0. The lowest BCUT2D eigenvalue weighted by Gasteiger charge is -2.10. The van der Waals surface area contributed by atoms with Crippen molar-refractivity contribution in [2.24, 2.45) is 7.05 Å². The number of aromatic nitrogens is 2. The minimum absolute atomic E-state index is 0.632. The molecule has 0 amide bonds. The lowest BCUT2D eigenvalue weighted by Crippen LogP contribution is -2.15. The predicted octanol–water partition coefficient (Wildman–Crippen LogP) is 3.73. The summed E-state index contributed by atoms with van der Waals surface area (Å²) in [5.74, 6) is 1.45. The van der Waals surface area contributed by atoms with Crippen LogP contribution in [0.2, 0.25) is 5.02 Å². The summed E-state index contributed by atoms with van der Waals surface area (Å²) >= 11 is 6.34. The molecule has 4 nitrogen and oxygen atoms in total. The molecule has 1 aromatic heterocycles. The van der Waals surface area contributed by atoms with E-state index in [0.29, 0.717) is 16.8 Å². The van der Waals surface area contributed by atoms with Crippen LogP contribution in [-0.4, -0.2) is 15.8 Å². The average Bonchev–Trinajstić information content (AvgIpc) is 3.23. The number of aryl methyl sites for hydroxylation is 2. The second-order valence-electron chi connectivity index (χ2n) is 5.65. The molecule has 3 rings (SSSR count). The Bertz CT molecular complexity index is 662. The predicted molar refractivity (Wildman–Crippen MR) is 84.1 cm³/mol. The molecule has 2 aromatic rings. The van der Waals surface area contributed by atoms with Crippen LogP contribution in [0.25, 0.3) is 0 Å². The van der Waals surface area contributed by atoms with Gasteiger partial charge in [0.15, 0.2) is 5.75 Å². The van der Waals surface area contributed by atoms with Crippen LogP contribution in [0, 0.1) is 13.8 Å². The lowest BCUT2D eigenvalue weighted by atomic mass is 10.2. The Morgan fingerprint density at radius 1 is 1.38 bits per heavy atom. The summed E-state index contributed by atoms with van der Waals surface area (Å²) < 4.78 is 7.76. The second-order valence-corrected chi connectivity index (χ2v) is 6.05. The Morgan fingerprint density at radius 2 is 2.14 bits per heavy atom. The van der Waals surface area contributed by atoms with E-state index in [1.807, 2.05) is 37.7 Å². The third kappa shape index (κ3) is 3.22. The quantitative estimate of drug-likeness (QED) is 0.914. The number of benzene rings is 1. The molecule has 1 aliphatic rings. The molecule has 1 aliphatic carbocycles. The molecule has 1 aromatic carbocycles. The van der Waals surface area contributed by atoms with Gasteiger partial charge in [-0.2, -0.15) is 5.10 Å². The monoisotopic (exact) mass is 305 g/mol. The van der Waals surface area contributed by atoms with Gasteiger partial charge in [-0.25, -0.2) is 0 Å². The Labute approximate surface area is 130 Å². The van der Waals surface area contributed by atoms with Crippen LogP contribution in [0.15, 0.2) is 18.2 Å². The minimum Gasteiger partial charge on any atom is -0.452 e. The number of ether oxygens (including phenoxy) is 1. The van der Waals surface area contributed by atoms with E-state index in [1.54, 1.807) is 0 Å². The van der Waals surface area contributed by atoms with Gasteiger partial charge in [0.1, 0.15) is 11.4 Å². The molecule has 5 heteroatoms. The number of rotatable bonds is 5. The maximum absolute atomic E-state index is 6.34. The normalized spacial score (nSPS) is 14.5. The maximum atomic E-state index is 6.34. The van der Waals surface area contributed by atoms with Crippen LogP contribution >= 0.6 is 11.6 Å². The molecule has 0 saturated heterocycles. The van der Waals surface area contributed by atoms with E-state index in [0.717, 1.165) is 23.7 Å². The smallest absolute Gasteiger partial charge is 0.171 e. The van der Waals surface area contributed by atoms with Crippen molar-refractivity contribution in [3.63, 3.8) is 0 Å². The Balaban J connectivity index is 1.75. The highest BCUT2D eigenvalue weighted by Gasteiger charge is 2.20. The van der Waals surface area contributed by atoms with Crippen LogP contribution in [0.1, 0.15) is 29.8 Å². The standard InChI is InChI=1S/C16H20ClN3O/c1-10-16(11(2)20(3)19-10)21-15-7-4-12(8-14(15)17)9-18-13-5-6-13/h4,7-8,13,18H,5-6,9H2,1-3H3. The van der Waals surface area contributed by atoms with E-state index in [-0.39, 0.29) is 0 Å². The fourth-order valence-electron chi connectivity index (χ4n) is 2.30. The molecule has 1 fully saturated rings. The van der Waals surface area contributed by atoms with Gasteiger partial charge in [-0.1, -0.05) is 17.7 Å². The second kappa shape index (κ2) is 5.70. The van der Waals surface area contributed by atoms with Crippen LogP contribution in [0.3, 0.4) is 0 Å². The zero-order chi connectivity index (χ0) is 15.0. The summed E-state index contributed by atoms with van der Waals surface area (Å²) in [5, 5.41) is 8.46. The third-order valence-corrected chi connectivity index (χ3v) is 4.12. The molecule has 1 saturated carbocycles. The van der Waals surface area contributed by atoms with E-state index in [4.69, 9.17) is 16.3 Å². The molecular formula is C16H20ClN3O. The largest absolute Gasteiger partial charge is 0.452 e. The van der Waals surface area contributed by atoms with Crippen LogP contribution < -0.4 is 10.1 Å². The van der Waals surface area contributed by atoms with E-state index in [2.05, 4.69) is 16.5 Å². The van der Waals surface area contributed by atoms with Crippen molar-refractivity contribution in [3.8, 4) is 11.5 Å². The molecule has 0 radical (unpaired) electrons. The topological polar surface area (TPSA) is 39.1 Å². The highest BCUT2D eigenvalue weighted by molar-refractivity contribution is 6.32. The van der Waals surface area contributed by atoms with Crippen molar-refractivity contribution in [3.05, 3.63) is 40.2 Å². The van der Waals surface area contributed by atoms with E-state index in [1.165, 1.54) is 18.4 Å². The SMILES string of the molecule is Cc1nn(C)c(C)c1Oc1ccc(CNC2CC2)cc1Cl. The summed E-state index contributed by atoms with van der Waals surface area (Å²) in [6.45, 7) is 4.77. The van der Waals surface area contributed by atoms with Crippen molar-refractivity contribution < 1.29 is 4.74 Å². The van der Waals surface area contributed by atoms with Gasteiger partial charge in [0.2, 0.25) is 0 Å². The summed E-state index contributed by atoms with van der Waals surface area (Å²) in [6.07, 6.45) is 2.57. The molecule has 1 heterocycles. The number of halogens is 1. The zero-order valence-electron chi connectivity index (χ0n) is 12.6. The minimum atomic E-state index is 0.632. The van der Waals surface area contributed by atoms with Crippen molar-refractivity contribution >= 4 is 11.6 Å². The molecule has 0 aliphatic heterocycles. The van der Waals surface area contributed by atoms with Crippen molar-refractivity contribution in [1.82, 2.24) is 15.1 Å². The molecule has 0 unspecified atom stereocenters. The number of hydrogen-bond acceptors (Lipinski definition) is 3. The van der Waals surface area contributed by atoms with Crippen LogP contribution in [0.4, 0.5) is 0 Å². The van der Waals surface area contributed by atoms with Gasteiger partial charge in [0, 0.05) is 19.6 Å². The van der Waals surface area contributed by atoms with Gasteiger partial charge in [0.25, 0.3) is 0 Å². The number of hydrogen-bond donors (Lipinski definition) is 1. The highest BCUT2D eigenvalue weighted by atomic mass is 35.5. The maximum Gasteiger partial charge on any atom is 0.171 e. The first kappa shape index (κ1) is 14.4. The fourth-order valence-corrected chi connectivity index (χ4v) is 2.54. The van der Waals surface area contributed by atoms with Gasteiger partial charge < -0.3 is 10.1 Å². The van der Waals surface area contributed by atoms with Crippen molar-refractivity contribution in [2.45, 2.75) is 39.3 Å². The summed E-state index contributed by atoms with van der Waals surface area (Å²) in [6, 6.07) is 6.64. The summed E-state index contributed by atoms with van der Waals surface area (Å²) in [5.41, 5.74) is 3.03. The van der Waals surface area contributed by atoms with E-state index in [9.17, 15) is 0 Å². The molecule has 1 N–H and O–H groups in total. The molecular weight excluding hydrogens is 286 g/mol. The first-order chi connectivity index (χ1) is 10.0. The Morgan fingerprint density at radius 3 is 2.71 bits per heavy atom. The lowest BCUT2D eigenvalue weighted by molar-refractivity contribution is 0.474. The van der Waals surface area contributed by atoms with Crippen LogP contribution in [0.5, 0.6) is 11.5 Å². The average molecular weight is 306 g/mol. The van der Waals surface area contributed by atoms with E-state index >= 15 is 0 Å². The third-order valence-electron chi connectivity index (χ3n) is 3.82. The first-order valence-electron chi connectivity index (χ1n) is 7.24. The molecule has 112 valence electrons. The molecule has 0 bridgehead atoms. The van der Waals surface area contributed by atoms with Crippen molar-refractivity contribution in [1.29, 1.82) is 0 Å². The molecule has 0 atom stereocenters. The van der Waals surface area contributed by atoms with Crippen LogP contribution in [-0.2, 0) is 13.6 Å². The van der Waals surface area contributed by atoms with Gasteiger partial charge in [-0.15, -0.1) is 0 Å². The van der Waals surface area contributed by atoms with Crippen molar-refractivity contribution in [2.75, 3.05) is 0 Å². The highest BCUT2D eigenvalue weighted by Crippen LogP contribution is 2.33. The van der Waals surface area contributed by atoms with Gasteiger partial charge in [-0.3, -0.25) is 4.68 Å². The summed E-state index contributed by atoms with van der Waals surface area (Å²) in [7, 11) is 1.91. The number of nitrogens with zero attached hydrogens (tertiary/aromatic N) is 2. The van der Waals surface area contributed by atoms with Gasteiger partial charge in [0.05, 0.1) is 10.7 Å². The molecule has 21 heavy (non-hydrogen) atoms. The fraction of sp³-hybridized carbons (Fsp3) is 0.438. The number of nitrogens with one attached hydrogen (secondary N) is 1.